The molecular formula is C23H16N6O9. The van der Waals surface area contributed by atoms with Crippen molar-refractivity contribution in [3.8, 4) is 5.75 Å². The zero-order valence-corrected chi connectivity index (χ0v) is 19.0. The number of nitrogens with one attached hydrogen (secondary N) is 2. The Balaban J connectivity index is 1.90. The Kier molecular flexibility index (Phi) is 8.14. The lowest BCUT2D eigenvalue weighted by Crippen LogP contribution is -2.32. The fourth-order valence-electron chi connectivity index (χ4n) is 2.99. The molecule has 3 aromatic carbocycles. The van der Waals surface area contributed by atoms with Crippen LogP contribution in [-0.2, 0) is 4.79 Å². The third-order valence-electron chi connectivity index (χ3n) is 4.83. The Morgan fingerprint density at radius 3 is 2.05 bits per heavy atom. The predicted octanol–water partition coefficient (Wildman–Crippen LogP) is 3.04. The van der Waals surface area contributed by atoms with E-state index in [1.165, 1.54) is 42.5 Å². The largest absolute Gasteiger partial charge is 0.502 e. The summed E-state index contributed by atoms with van der Waals surface area (Å²) in [6.07, 6.45) is 1.96. The van der Waals surface area contributed by atoms with Crippen LogP contribution >= 0.6 is 0 Å². The molecule has 15 nitrogen and oxygen atoms in total. The van der Waals surface area contributed by atoms with E-state index in [0.29, 0.717) is 11.6 Å². The molecule has 0 radical (unpaired) electrons. The van der Waals surface area contributed by atoms with Gasteiger partial charge in [0.25, 0.3) is 23.2 Å². The van der Waals surface area contributed by atoms with Crippen molar-refractivity contribution in [2.75, 3.05) is 0 Å². The minimum absolute atomic E-state index is 0.197. The summed E-state index contributed by atoms with van der Waals surface area (Å²) in [5.74, 6) is -2.56. The van der Waals surface area contributed by atoms with Crippen LogP contribution in [0.15, 0.2) is 77.5 Å². The van der Waals surface area contributed by atoms with E-state index in [-0.39, 0.29) is 16.9 Å². The molecule has 0 aliphatic rings. The highest BCUT2D eigenvalue weighted by atomic mass is 16.6. The molecule has 0 aliphatic heterocycles. The summed E-state index contributed by atoms with van der Waals surface area (Å²) in [7, 11) is 0. The number of hydrogen-bond donors (Lipinski definition) is 3. The number of non-ortho nitro benzene ring substituents is 2. The molecule has 2 amide bonds. The van der Waals surface area contributed by atoms with Gasteiger partial charge in [-0.3, -0.25) is 39.9 Å². The molecule has 3 rings (SSSR count). The Morgan fingerprint density at radius 1 is 0.842 bits per heavy atom. The van der Waals surface area contributed by atoms with Crippen molar-refractivity contribution in [1.82, 2.24) is 10.7 Å². The van der Waals surface area contributed by atoms with Gasteiger partial charge in [-0.25, -0.2) is 5.43 Å². The summed E-state index contributed by atoms with van der Waals surface area (Å²) < 4.78 is 0. The van der Waals surface area contributed by atoms with E-state index in [1.54, 1.807) is 18.2 Å². The normalized spacial score (nSPS) is 11.1. The molecule has 0 bridgehead atoms. The van der Waals surface area contributed by atoms with Gasteiger partial charge in [0.15, 0.2) is 0 Å². The highest BCUT2D eigenvalue weighted by Crippen LogP contribution is 2.33. The number of benzene rings is 3. The van der Waals surface area contributed by atoms with E-state index in [2.05, 4.69) is 15.8 Å². The molecule has 0 heterocycles. The molecule has 3 N–H and O–H groups in total. The summed E-state index contributed by atoms with van der Waals surface area (Å²) >= 11 is 0. The van der Waals surface area contributed by atoms with Gasteiger partial charge in [-0.15, -0.1) is 0 Å². The summed E-state index contributed by atoms with van der Waals surface area (Å²) in [5.41, 5.74) is -0.0270. The first-order valence-corrected chi connectivity index (χ1v) is 10.4. The molecule has 0 saturated carbocycles. The zero-order chi connectivity index (χ0) is 27.8. The number of phenolic OH excluding ortho intramolecular Hbond substituents is 1. The number of aromatic hydroxyl groups is 1. The van der Waals surface area contributed by atoms with Gasteiger partial charge >= 0.3 is 5.69 Å². The minimum Gasteiger partial charge on any atom is -0.502 e. The van der Waals surface area contributed by atoms with E-state index in [9.17, 15) is 45.0 Å². The Bertz CT molecular complexity index is 1490. The first kappa shape index (κ1) is 26.6. The van der Waals surface area contributed by atoms with Crippen molar-refractivity contribution >= 4 is 41.2 Å². The topological polar surface area (TPSA) is 220 Å². The van der Waals surface area contributed by atoms with Crippen molar-refractivity contribution in [2.24, 2.45) is 5.10 Å². The fourth-order valence-corrected chi connectivity index (χ4v) is 2.99. The predicted molar refractivity (Wildman–Crippen MR) is 132 cm³/mol. The molecule has 15 heteroatoms. The molecule has 38 heavy (non-hydrogen) atoms. The molecule has 0 fully saturated rings. The van der Waals surface area contributed by atoms with Crippen LogP contribution in [-0.4, -0.2) is 37.9 Å². The molecule has 192 valence electrons. The lowest BCUT2D eigenvalue weighted by atomic mass is 10.1. The number of hydrogen-bond acceptors (Lipinski definition) is 10. The van der Waals surface area contributed by atoms with Crippen molar-refractivity contribution in [2.45, 2.75) is 0 Å². The van der Waals surface area contributed by atoms with Gasteiger partial charge < -0.3 is 10.4 Å². The maximum absolute atomic E-state index is 12.8. The van der Waals surface area contributed by atoms with Crippen LogP contribution < -0.4 is 10.7 Å². The van der Waals surface area contributed by atoms with Crippen LogP contribution in [0.1, 0.15) is 21.5 Å². The fraction of sp³-hybridized carbons (Fsp3) is 0. The van der Waals surface area contributed by atoms with Gasteiger partial charge in [0, 0.05) is 23.8 Å². The van der Waals surface area contributed by atoms with Gasteiger partial charge in [-0.2, -0.15) is 5.10 Å². The van der Waals surface area contributed by atoms with Gasteiger partial charge in [0.05, 0.1) is 32.6 Å². The van der Waals surface area contributed by atoms with Crippen molar-refractivity contribution in [3.05, 3.63) is 119 Å². The standard InChI is InChI=1S/C23H16N6O9/c30-21-16(11-18(28(35)36)12-20(21)29(37)38)13-24-26-23(32)19(25-22(31)15-4-2-1-3-5-15)10-14-6-8-17(9-7-14)27(33)34/h1-13,30H,(H,25,31)(H,26,32)/b19-10?,24-13+. The number of hydrazone groups is 1. The number of phenols is 1. The number of carbonyl (C=O) groups excluding carboxylic acids is 2. The second-order valence-corrected chi connectivity index (χ2v) is 7.34. The Hall–Kier alpha value is -5.99. The smallest absolute Gasteiger partial charge is 0.318 e. The van der Waals surface area contributed by atoms with Crippen molar-refractivity contribution < 1.29 is 29.5 Å². The quantitative estimate of drug-likeness (QED) is 0.163. The summed E-state index contributed by atoms with van der Waals surface area (Å²) in [6.45, 7) is 0. The van der Waals surface area contributed by atoms with E-state index in [0.717, 1.165) is 12.3 Å². The van der Waals surface area contributed by atoms with Crippen LogP contribution in [0.2, 0.25) is 0 Å². The van der Waals surface area contributed by atoms with E-state index >= 15 is 0 Å². The molecule has 0 aliphatic carbocycles. The summed E-state index contributed by atoms with van der Waals surface area (Å²) in [5, 5.41) is 49.1. The van der Waals surface area contributed by atoms with Crippen molar-refractivity contribution in [1.29, 1.82) is 0 Å². The van der Waals surface area contributed by atoms with Crippen LogP contribution in [0, 0.1) is 30.3 Å². The number of nitrogens with zero attached hydrogens (tertiary/aromatic N) is 4. The highest BCUT2D eigenvalue weighted by Gasteiger charge is 2.23. The molecule has 0 aromatic heterocycles. The first-order valence-electron chi connectivity index (χ1n) is 10.4. The van der Waals surface area contributed by atoms with Gasteiger partial charge in [0.1, 0.15) is 5.70 Å². The second-order valence-electron chi connectivity index (χ2n) is 7.34. The van der Waals surface area contributed by atoms with Gasteiger partial charge in [-0.05, 0) is 35.9 Å². The van der Waals surface area contributed by atoms with Gasteiger partial charge in [-0.1, -0.05) is 18.2 Å². The van der Waals surface area contributed by atoms with Crippen LogP contribution in [0.4, 0.5) is 17.1 Å². The maximum Gasteiger partial charge on any atom is 0.318 e. The van der Waals surface area contributed by atoms with Crippen LogP contribution in [0.5, 0.6) is 5.75 Å². The van der Waals surface area contributed by atoms with E-state index in [1.807, 2.05) is 0 Å². The number of rotatable bonds is 9. The lowest BCUT2D eigenvalue weighted by molar-refractivity contribution is -0.394. The number of nitro benzene ring substituents is 3. The highest BCUT2D eigenvalue weighted by molar-refractivity contribution is 6.05. The average Bonchev–Trinajstić information content (AvgIpc) is 2.89. The third-order valence-corrected chi connectivity index (χ3v) is 4.83. The van der Waals surface area contributed by atoms with Gasteiger partial charge in [0.2, 0.25) is 5.75 Å². The first-order chi connectivity index (χ1) is 18.1. The molecular weight excluding hydrogens is 504 g/mol. The van der Waals surface area contributed by atoms with Crippen LogP contribution in [0.3, 0.4) is 0 Å². The Labute approximate surface area is 212 Å². The maximum atomic E-state index is 12.8. The molecule has 0 spiro atoms. The second kappa shape index (κ2) is 11.6. The van der Waals surface area contributed by atoms with E-state index in [4.69, 9.17) is 0 Å². The number of nitro groups is 3. The monoisotopic (exact) mass is 520 g/mol. The van der Waals surface area contributed by atoms with E-state index < -0.39 is 49.3 Å². The molecule has 0 unspecified atom stereocenters. The average molecular weight is 520 g/mol. The third kappa shape index (κ3) is 6.57. The minimum atomic E-state index is -1.03. The summed E-state index contributed by atoms with van der Waals surface area (Å²) in [4.78, 5) is 55.9. The number of carbonyl (C=O) groups is 2. The lowest BCUT2D eigenvalue weighted by Gasteiger charge is -2.09. The summed E-state index contributed by atoms with van der Waals surface area (Å²) in [6, 6.07) is 14.3. The number of amides is 2. The molecule has 3 aromatic rings. The molecule has 0 atom stereocenters. The van der Waals surface area contributed by atoms with Crippen LogP contribution in [0.25, 0.3) is 6.08 Å². The SMILES string of the molecule is O=C(N/N=C/c1cc([N+](=O)[O-])cc([N+](=O)[O-])c1O)C(=Cc1ccc([N+](=O)[O-])cc1)NC(=O)c1ccccc1. The van der Waals surface area contributed by atoms with Crippen molar-refractivity contribution in [3.63, 3.8) is 0 Å². The zero-order valence-electron chi connectivity index (χ0n) is 19.0. The molecule has 0 saturated heterocycles. The Morgan fingerprint density at radius 2 is 1.47 bits per heavy atom.